The SMILES string of the molecule is CC1(C)c2ccccc2-c2ccc(N(c3ccc(-c4ccccc4)cc3)c3ccc4c5ccccc5c5ccccc5c5ccccc5c5c(ccc6c7ccccc7sc65)c4c3)cc21. The molecule has 1 heterocycles. The Bertz CT molecular complexity index is 3970. The normalized spacial score (nSPS) is 12.9. The Balaban J connectivity index is 1.17. The summed E-state index contributed by atoms with van der Waals surface area (Å²) in [7, 11) is 0. The van der Waals surface area contributed by atoms with E-state index in [0.29, 0.717) is 0 Å². The van der Waals surface area contributed by atoms with Crippen molar-refractivity contribution < 1.29 is 0 Å². The quantitative estimate of drug-likeness (QED) is 0.171. The molecule has 12 aromatic rings. The average Bonchev–Trinajstić information content (AvgIpc) is 3.85. The van der Waals surface area contributed by atoms with Gasteiger partial charge in [-0.15, -0.1) is 11.3 Å². The fraction of sp³-hybridized carbons (Fsp3) is 0.0476. The molecule has 0 saturated carbocycles. The van der Waals surface area contributed by atoms with Gasteiger partial charge >= 0.3 is 0 Å². The highest BCUT2D eigenvalue weighted by atomic mass is 32.1. The highest BCUT2D eigenvalue weighted by Crippen LogP contribution is 2.51. The standard InChI is InChI=1S/C63H43NS/c1-63(2)58-26-14-12-23-51(58)52-35-33-44(39-59(52)63)64(42-30-28-41(29-31-42)40-16-4-3-5-17-40)43-32-34-50-48-21-9-7-19-46(48)45-18-6-8-20-47(45)49-22-10-11-25-54(49)61-55(57(50)38-43)36-37-56-53-24-13-15-27-60(53)65-62(56)61/h3-39H,1-2H3. The molecule has 1 aliphatic carbocycles. The van der Waals surface area contributed by atoms with Crippen LogP contribution in [0.2, 0.25) is 0 Å². The van der Waals surface area contributed by atoms with E-state index >= 15 is 0 Å². The van der Waals surface area contributed by atoms with Gasteiger partial charge in [-0.3, -0.25) is 0 Å². The van der Waals surface area contributed by atoms with Crippen molar-refractivity contribution in [3.8, 4) is 22.3 Å². The van der Waals surface area contributed by atoms with Gasteiger partial charge in [0.05, 0.1) is 0 Å². The number of fused-ring (bicyclic) bond motifs is 17. The maximum atomic E-state index is 2.47. The summed E-state index contributed by atoms with van der Waals surface area (Å²) >= 11 is 1.91. The van der Waals surface area contributed by atoms with E-state index in [0.717, 1.165) is 17.1 Å². The predicted molar refractivity (Wildman–Crippen MR) is 282 cm³/mol. The lowest BCUT2D eigenvalue weighted by molar-refractivity contribution is 0.660. The van der Waals surface area contributed by atoms with Crippen LogP contribution in [-0.2, 0) is 5.41 Å². The zero-order chi connectivity index (χ0) is 43.2. The Morgan fingerprint density at radius 3 is 1.49 bits per heavy atom. The van der Waals surface area contributed by atoms with Crippen molar-refractivity contribution in [1.29, 1.82) is 0 Å². The third-order valence-electron chi connectivity index (χ3n) is 14.1. The maximum Gasteiger partial charge on any atom is 0.0468 e. The number of anilines is 3. The second kappa shape index (κ2) is 14.6. The monoisotopic (exact) mass is 845 g/mol. The van der Waals surface area contributed by atoms with Gasteiger partial charge in [-0.1, -0.05) is 196 Å². The molecule has 1 aliphatic rings. The summed E-state index contributed by atoms with van der Waals surface area (Å²) in [5, 5.41) is 14.9. The lowest BCUT2D eigenvalue weighted by Gasteiger charge is -2.28. The van der Waals surface area contributed by atoms with Crippen LogP contribution in [0.15, 0.2) is 224 Å². The molecule has 65 heavy (non-hydrogen) atoms. The topological polar surface area (TPSA) is 3.24 Å². The van der Waals surface area contributed by atoms with Crippen LogP contribution in [0.25, 0.3) is 96.3 Å². The van der Waals surface area contributed by atoms with Gasteiger partial charge in [0.25, 0.3) is 0 Å². The van der Waals surface area contributed by atoms with Gasteiger partial charge in [0, 0.05) is 48.0 Å². The Kier molecular flexibility index (Phi) is 8.50. The molecule has 1 nitrogen and oxygen atoms in total. The van der Waals surface area contributed by atoms with Crippen LogP contribution < -0.4 is 4.90 Å². The maximum absolute atomic E-state index is 2.47. The van der Waals surface area contributed by atoms with Crippen LogP contribution in [0.5, 0.6) is 0 Å². The minimum Gasteiger partial charge on any atom is -0.310 e. The van der Waals surface area contributed by atoms with Gasteiger partial charge < -0.3 is 4.90 Å². The Labute approximate surface area is 382 Å². The number of hydrogen-bond donors (Lipinski definition) is 0. The van der Waals surface area contributed by atoms with Crippen LogP contribution in [0, 0.1) is 0 Å². The molecule has 0 atom stereocenters. The molecule has 11 aromatic carbocycles. The number of rotatable bonds is 4. The molecule has 0 spiro atoms. The van der Waals surface area contributed by atoms with Crippen LogP contribution >= 0.6 is 11.3 Å². The van der Waals surface area contributed by atoms with Crippen molar-refractivity contribution in [2.24, 2.45) is 0 Å². The largest absolute Gasteiger partial charge is 0.310 e. The molecule has 0 N–H and O–H groups in total. The van der Waals surface area contributed by atoms with Crippen molar-refractivity contribution in [2.45, 2.75) is 19.3 Å². The third kappa shape index (κ3) is 5.84. The van der Waals surface area contributed by atoms with Gasteiger partial charge in [-0.2, -0.15) is 0 Å². The second-order valence-electron chi connectivity index (χ2n) is 18.0. The van der Waals surface area contributed by atoms with Gasteiger partial charge in [-0.05, 0) is 124 Å². The molecular weight excluding hydrogens is 803 g/mol. The summed E-state index contributed by atoms with van der Waals surface area (Å²) in [6.07, 6.45) is 0. The molecule has 0 bridgehead atoms. The Morgan fingerprint density at radius 1 is 0.323 bits per heavy atom. The number of hydrogen-bond acceptors (Lipinski definition) is 2. The van der Waals surface area contributed by atoms with Gasteiger partial charge in [-0.25, -0.2) is 0 Å². The summed E-state index contributed by atoms with van der Waals surface area (Å²) in [4.78, 5) is 2.47. The molecule has 0 saturated heterocycles. The molecule has 13 rings (SSSR count). The lowest BCUT2D eigenvalue weighted by atomic mass is 9.82. The van der Waals surface area contributed by atoms with E-state index in [9.17, 15) is 0 Å². The van der Waals surface area contributed by atoms with Crippen molar-refractivity contribution >= 4 is 102 Å². The summed E-state index contributed by atoms with van der Waals surface area (Å²) in [6.45, 7) is 4.74. The minimum absolute atomic E-state index is 0.143. The molecule has 0 amide bonds. The summed E-state index contributed by atoms with van der Waals surface area (Å²) < 4.78 is 2.62. The fourth-order valence-electron chi connectivity index (χ4n) is 11.0. The molecule has 0 aliphatic heterocycles. The van der Waals surface area contributed by atoms with Crippen molar-refractivity contribution in [1.82, 2.24) is 0 Å². The molecule has 0 unspecified atom stereocenters. The Hall–Kier alpha value is -7.78. The zero-order valence-corrected chi connectivity index (χ0v) is 37.0. The van der Waals surface area contributed by atoms with Crippen LogP contribution in [-0.4, -0.2) is 0 Å². The van der Waals surface area contributed by atoms with Crippen LogP contribution in [0.1, 0.15) is 25.0 Å². The molecule has 0 radical (unpaired) electrons. The predicted octanol–water partition coefficient (Wildman–Crippen LogP) is 18.4. The number of benzene rings is 10. The first-order chi connectivity index (χ1) is 32.0. The van der Waals surface area contributed by atoms with E-state index in [1.807, 2.05) is 11.3 Å². The van der Waals surface area contributed by atoms with E-state index in [1.165, 1.54) is 107 Å². The lowest BCUT2D eigenvalue weighted by Crippen LogP contribution is -2.16. The summed E-state index contributed by atoms with van der Waals surface area (Å²) in [5.74, 6) is 0. The van der Waals surface area contributed by atoms with E-state index in [-0.39, 0.29) is 5.41 Å². The first kappa shape index (κ1) is 37.7. The van der Waals surface area contributed by atoms with E-state index in [2.05, 4.69) is 243 Å². The summed E-state index contributed by atoms with van der Waals surface area (Å²) in [5.41, 5.74) is 11.0. The second-order valence-corrected chi connectivity index (χ2v) is 19.0. The van der Waals surface area contributed by atoms with Crippen molar-refractivity contribution in [2.75, 3.05) is 4.90 Å². The molecule has 1 aromatic heterocycles. The highest BCUT2D eigenvalue weighted by molar-refractivity contribution is 7.26. The van der Waals surface area contributed by atoms with Crippen LogP contribution in [0.4, 0.5) is 17.1 Å². The first-order valence-corrected chi connectivity index (χ1v) is 23.4. The third-order valence-corrected chi connectivity index (χ3v) is 15.3. The van der Waals surface area contributed by atoms with Crippen LogP contribution in [0.3, 0.4) is 0 Å². The van der Waals surface area contributed by atoms with E-state index in [1.54, 1.807) is 0 Å². The first-order valence-electron chi connectivity index (χ1n) is 22.6. The van der Waals surface area contributed by atoms with Gasteiger partial charge in [0.2, 0.25) is 0 Å². The minimum atomic E-state index is -0.143. The molecular formula is C63H43NS. The van der Waals surface area contributed by atoms with Crippen molar-refractivity contribution in [3.63, 3.8) is 0 Å². The Morgan fingerprint density at radius 2 is 0.785 bits per heavy atom. The number of nitrogens with zero attached hydrogens (tertiary/aromatic N) is 1. The summed E-state index contributed by atoms with van der Waals surface area (Å²) in [6, 6.07) is 83.7. The molecule has 2 heteroatoms. The average molecular weight is 846 g/mol. The van der Waals surface area contributed by atoms with E-state index < -0.39 is 0 Å². The highest BCUT2D eigenvalue weighted by Gasteiger charge is 2.35. The number of thiophene rings is 1. The molecule has 0 fully saturated rings. The van der Waals surface area contributed by atoms with E-state index in [4.69, 9.17) is 0 Å². The van der Waals surface area contributed by atoms with Crippen molar-refractivity contribution in [3.05, 3.63) is 236 Å². The molecule has 306 valence electrons. The zero-order valence-electron chi connectivity index (χ0n) is 36.2. The smallest absolute Gasteiger partial charge is 0.0468 e. The fourth-order valence-corrected chi connectivity index (χ4v) is 12.2. The van der Waals surface area contributed by atoms with Gasteiger partial charge in [0.15, 0.2) is 0 Å². The van der Waals surface area contributed by atoms with Gasteiger partial charge in [0.1, 0.15) is 0 Å².